The van der Waals surface area contributed by atoms with E-state index in [2.05, 4.69) is 0 Å². The molecule has 0 aliphatic carbocycles. The smallest absolute Gasteiger partial charge is 0.303 e. The topological polar surface area (TPSA) is 72.5 Å². The van der Waals surface area contributed by atoms with Gasteiger partial charge in [-0.1, -0.05) is 0 Å². The average molecular weight is 189 g/mol. The van der Waals surface area contributed by atoms with Gasteiger partial charge in [-0.2, -0.15) is 0 Å². The second-order valence-electron chi connectivity index (χ2n) is 3.20. The lowest BCUT2D eigenvalue weighted by molar-refractivity contribution is -0.138. The summed E-state index contributed by atoms with van der Waals surface area (Å²) >= 11 is 0. The van der Waals surface area contributed by atoms with Gasteiger partial charge < -0.3 is 15.6 Å². The predicted molar refractivity (Wildman–Crippen MR) is 50.5 cm³/mol. The zero-order valence-electron chi connectivity index (χ0n) is 8.32. The minimum absolute atomic E-state index is 0.0269. The zero-order chi connectivity index (χ0) is 10.3. The van der Waals surface area contributed by atoms with E-state index in [1.807, 2.05) is 13.8 Å². The van der Waals surface area contributed by atoms with Crippen LogP contribution in [-0.4, -0.2) is 30.3 Å². The molecule has 2 unspecified atom stereocenters. The van der Waals surface area contributed by atoms with Crippen LogP contribution >= 0.6 is 0 Å². The Balaban J connectivity index is 3.75. The number of rotatable bonds is 7. The lowest BCUT2D eigenvalue weighted by atomic mass is 9.99. The largest absolute Gasteiger partial charge is 0.481 e. The molecule has 0 bridgehead atoms. The second-order valence-corrected chi connectivity index (χ2v) is 3.20. The van der Waals surface area contributed by atoms with E-state index in [0.717, 1.165) is 6.42 Å². The molecule has 4 nitrogen and oxygen atoms in total. The lowest BCUT2D eigenvalue weighted by Gasteiger charge is -2.17. The van der Waals surface area contributed by atoms with Crippen LogP contribution in [0.15, 0.2) is 0 Å². The number of carboxylic acid groups (broad SMARTS) is 1. The van der Waals surface area contributed by atoms with Crippen LogP contribution in [0.4, 0.5) is 0 Å². The molecule has 0 rings (SSSR count). The van der Waals surface area contributed by atoms with Gasteiger partial charge in [-0.25, -0.2) is 0 Å². The van der Waals surface area contributed by atoms with Crippen LogP contribution in [0.2, 0.25) is 0 Å². The normalized spacial score (nSPS) is 15.3. The van der Waals surface area contributed by atoms with E-state index in [4.69, 9.17) is 15.6 Å². The number of ether oxygens (including phenoxy) is 1. The zero-order valence-corrected chi connectivity index (χ0v) is 8.32. The first-order valence-electron chi connectivity index (χ1n) is 4.63. The van der Waals surface area contributed by atoms with Gasteiger partial charge in [0, 0.05) is 13.0 Å². The van der Waals surface area contributed by atoms with Crippen molar-refractivity contribution in [3.05, 3.63) is 0 Å². The highest BCUT2D eigenvalue weighted by Gasteiger charge is 2.14. The molecule has 0 spiro atoms. The molecule has 2 atom stereocenters. The molecular formula is C9H19NO3. The first-order chi connectivity index (χ1) is 6.10. The van der Waals surface area contributed by atoms with Gasteiger partial charge in [0.15, 0.2) is 0 Å². The summed E-state index contributed by atoms with van der Waals surface area (Å²) < 4.78 is 5.31. The van der Waals surface area contributed by atoms with E-state index < -0.39 is 5.97 Å². The number of carbonyl (C=O) groups is 1. The second kappa shape index (κ2) is 6.86. The van der Waals surface area contributed by atoms with Gasteiger partial charge in [0.25, 0.3) is 0 Å². The molecule has 0 heterocycles. The molecule has 13 heavy (non-hydrogen) atoms. The summed E-state index contributed by atoms with van der Waals surface area (Å²) in [5, 5.41) is 8.56. The Morgan fingerprint density at radius 3 is 2.62 bits per heavy atom. The number of carboxylic acids is 1. The van der Waals surface area contributed by atoms with Crippen LogP contribution in [0.5, 0.6) is 0 Å². The Morgan fingerprint density at radius 2 is 2.23 bits per heavy atom. The maximum atomic E-state index is 10.4. The maximum absolute atomic E-state index is 10.4. The summed E-state index contributed by atoms with van der Waals surface area (Å²) in [5.74, 6) is -0.766. The Labute approximate surface area is 79.1 Å². The maximum Gasteiger partial charge on any atom is 0.303 e. The average Bonchev–Trinajstić information content (AvgIpc) is 2.02. The van der Waals surface area contributed by atoms with Crippen LogP contribution < -0.4 is 5.73 Å². The third-order valence-electron chi connectivity index (χ3n) is 1.91. The predicted octanol–water partition coefficient (Wildman–Crippen LogP) is 0.851. The summed E-state index contributed by atoms with van der Waals surface area (Å²) in [6.45, 7) is 4.93. The van der Waals surface area contributed by atoms with Crippen LogP contribution in [-0.2, 0) is 9.53 Å². The van der Waals surface area contributed by atoms with E-state index in [-0.39, 0.29) is 18.4 Å². The van der Waals surface area contributed by atoms with Crippen molar-refractivity contribution in [3.63, 3.8) is 0 Å². The first-order valence-corrected chi connectivity index (χ1v) is 4.63. The summed E-state index contributed by atoms with van der Waals surface area (Å²) in [4.78, 5) is 10.4. The minimum atomic E-state index is -0.792. The quantitative estimate of drug-likeness (QED) is 0.622. The third kappa shape index (κ3) is 6.54. The molecule has 78 valence electrons. The highest BCUT2D eigenvalue weighted by atomic mass is 16.5. The van der Waals surface area contributed by atoms with Crippen molar-refractivity contribution in [2.75, 3.05) is 13.2 Å². The third-order valence-corrected chi connectivity index (χ3v) is 1.91. The van der Waals surface area contributed by atoms with Crippen molar-refractivity contribution in [1.82, 2.24) is 0 Å². The van der Waals surface area contributed by atoms with Gasteiger partial charge in [0.2, 0.25) is 0 Å². The van der Waals surface area contributed by atoms with Crippen molar-refractivity contribution in [1.29, 1.82) is 0 Å². The Hall–Kier alpha value is -0.610. The molecule has 0 aromatic heterocycles. The molecular weight excluding hydrogens is 170 g/mol. The number of hydrogen-bond acceptors (Lipinski definition) is 3. The standard InChI is InChI=1S/C9H19NO3/c1-3-13-7(2)4-8(6-10)5-9(11)12/h7-8H,3-6,10H2,1-2H3,(H,11,12). The fraction of sp³-hybridized carbons (Fsp3) is 0.889. The molecule has 0 aliphatic rings. The fourth-order valence-electron chi connectivity index (χ4n) is 1.33. The van der Waals surface area contributed by atoms with Gasteiger partial charge in [-0.3, -0.25) is 4.79 Å². The molecule has 0 radical (unpaired) electrons. The van der Waals surface area contributed by atoms with Crippen molar-refractivity contribution >= 4 is 5.97 Å². The molecule has 0 amide bonds. The van der Waals surface area contributed by atoms with Gasteiger partial charge >= 0.3 is 5.97 Å². The molecule has 0 aromatic rings. The monoisotopic (exact) mass is 189 g/mol. The molecule has 0 aromatic carbocycles. The molecule has 3 N–H and O–H groups in total. The van der Waals surface area contributed by atoms with E-state index in [9.17, 15) is 4.79 Å². The summed E-state index contributed by atoms with van der Waals surface area (Å²) in [6.07, 6.45) is 0.947. The van der Waals surface area contributed by atoms with Crippen LogP contribution in [0.1, 0.15) is 26.7 Å². The van der Waals surface area contributed by atoms with E-state index in [0.29, 0.717) is 13.2 Å². The Bertz CT molecular complexity index is 150. The van der Waals surface area contributed by atoms with E-state index in [1.165, 1.54) is 0 Å². The molecule has 4 heteroatoms. The fourth-order valence-corrected chi connectivity index (χ4v) is 1.33. The Kier molecular flexibility index (Phi) is 6.54. The molecule has 0 fully saturated rings. The molecule has 0 saturated carbocycles. The number of nitrogens with two attached hydrogens (primary N) is 1. The van der Waals surface area contributed by atoms with Crippen molar-refractivity contribution in [2.24, 2.45) is 11.7 Å². The van der Waals surface area contributed by atoms with Crippen LogP contribution in [0, 0.1) is 5.92 Å². The Morgan fingerprint density at radius 1 is 1.62 bits per heavy atom. The van der Waals surface area contributed by atoms with Crippen LogP contribution in [0.3, 0.4) is 0 Å². The number of aliphatic carboxylic acids is 1. The van der Waals surface area contributed by atoms with Gasteiger partial charge in [-0.15, -0.1) is 0 Å². The first kappa shape index (κ1) is 12.4. The van der Waals surface area contributed by atoms with Gasteiger partial charge in [-0.05, 0) is 32.7 Å². The molecule has 0 aliphatic heterocycles. The van der Waals surface area contributed by atoms with E-state index >= 15 is 0 Å². The van der Waals surface area contributed by atoms with E-state index in [1.54, 1.807) is 0 Å². The number of hydrogen-bond donors (Lipinski definition) is 2. The summed E-state index contributed by atoms with van der Waals surface area (Å²) in [7, 11) is 0. The highest BCUT2D eigenvalue weighted by Crippen LogP contribution is 2.12. The highest BCUT2D eigenvalue weighted by molar-refractivity contribution is 5.67. The van der Waals surface area contributed by atoms with Crippen molar-refractivity contribution in [3.8, 4) is 0 Å². The summed E-state index contributed by atoms with van der Waals surface area (Å²) in [5.41, 5.74) is 5.45. The summed E-state index contributed by atoms with van der Waals surface area (Å²) in [6, 6.07) is 0. The minimum Gasteiger partial charge on any atom is -0.481 e. The van der Waals surface area contributed by atoms with Crippen molar-refractivity contribution in [2.45, 2.75) is 32.8 Å². The van der Waals surface area contributed by atoms with Gasteiger partial charge in [0.05, 0.1) is 6.10 Å². The van der Waals surface area contributed by atoms with Crippen molar-refractivity contribution < 1.29 is 14.6 Å². The molecule has 0 saturated heterocycles. The van der Waals surface area contributed by atoms with Crippen LogP contribution in [0.25, 0.3) is 0 Å². The van der Waals surface area contributed by atoms with Gasteiger partial charge in [0.1, 0.15) is 0 Å². The lowest BCUT2D eigenvalue weighted by Crippen LogP contribution is -2.23. The SMILES string of the molecule is CCOC(C)CC(CN)CC(=O)O.